The molecule has 1 aliphatic heterocycles. The Kier molecular flexibility index (Phi) is 2.96. The molecule has 0 saturated carbocycles. The minimum atomic E-state index is -0.812. The number of rotatable bonds is 2. The Bertz CT molecular complexity index is 401. The van der Waals surface area contributed by atoms with Gasteiger partial charge in [-0.25, -0.2) is 0 Å². The van der Waals surface area contributed by atoms with Crippen molar-refractivity contribution in [3.63, 3.8) is 0 Å². The van der Waals surface area contributed by atoms with Gasteiger partial charge in [0.05, 0.1) is 11.5 Å². The zero-order valence-electron chi connectivity index (χ0n) is 8.92. The van der Waals surface area contributed by atoms with Crippen molar-refractivity contribution in [3.05, 3.63) is 22.4 Å². The number of carboxylic acid groups (broad SMARTS) is 1. The Morgan fingerprint density at radius 1 is 1.50 bits per heavy atom. The summed E-state index contributed by atoms with van der Waals surface area (Å²) in [5.41, 5.74) is 0.656. The van der Waals surface area contributed by atoms with Gasteiger partial charge < -0.3 is 10.0 Å². The lowest BCUT2D eigenvalue weighted by Gasteiger charge is -2.14. The van der Waals surface area contributed by atoms with Gasteiger partial charge in [0, 0.05) is 18.5 Å². The summed E-state index contributed by atoms with van der Waals surface area (Å²) in [5.74, 6) is -1.27. The van der Waals surface area contributed by atoms with Crippen LogP contribution in [0, 0.1) is 11.8 Å². The zero-order chi connectivity index (χ0) is 11.7. The van der Waals surface area contributed by atoms with Crippen LogP contribution < -0.4 is 0 Å². The van der Waals surface area contributed by atoms with Crippen molar-refractivity contribution in [2.45, 2.75) is 6.92 Å². The Balaban J connectivity index is 2.09. The molecule has 1 saturated heterocycles. The second kappa shape index (κ2) is 4.25. The molecule has 0 spiro atoms. The lowest BCUT2D eigenvalue weighted by atomic mass is 9.99. The minimum Gasteiger partial charge on any atom is -0.481 e. The number of aliphatic carboxylic acids is 1. The average Bonchev–Trinajstić information content (AvgIpc) is 2.84. The summed E-state index contributed by atoms with van der Waals surface area (Å²) < 4.78 is 0. The summed E-state index contributed by atoms with van der Waals surface area (Å²) >= 11 is 1.47. The van der Waals surface area contributed by atoms with Crippen molar-refractivity contribution in [2.75, 3.05) is 13.1 Å². The van der Waals surface area contributed by atoms with Crippen LogP contribution in [0.3, 0.4) is 0 Å². The number of thiophene rings is 1. The second-order valence-electron chi connectivity index (χ2n) is 4.14. The molecule has 16 heavy (non-hydrogen) atoms. The first kappa shape index (κ1) is 11.1. The highest BCUT2D eigenvalue weighted by Gasteiger charge is 2.37. The molecule has 0 aromatic carbocycles. The van der Waals surface area contributed by atoms with Crippen LogP contribution in [0.25, 0.3) is 0 Å². The van der Waals surface area contributed by atoms with Gasteiger partial charge in [-0.2, -0.15) is 11.3 Å². The number of likely N-dealkylation sites (tertiary alicyclic amines) is 1. The fourth-order valence-corrected chi connectivity index (χ4v) is 2.65. The van der Waals surface area contributed by atoms with Crippen LogP contribution in [0.1, 0.15) is 17.3 Å². The normalized spacial score (nSPS) is 24.7. The predicted molar refractivity (Wildman–Crippen MR) is 60.5 cm³/mol. The van der Waals surface area contributed by atoms with E-state index in [2.05, 4.69) is 0 Å². The number of carboxylic acids is 1. The van der Waals surface area contributed by atoms with Gasteiger partial charge >= 0.3 is 5.97 Å². The number of carbonyl (C=O) groups is 2. The molecule has 86 valence electrons. The number of hydrogen-bond donors (Lipinski definition) is 1. The van der Waals surface area contributed by atoms with Crippen LogP contribution in [0.2, 0.25) is 0 Å². The third-order valence-electron chi connectivity index (χ3n) is 2.98. The molecular weight excluding hydrogens is 226 g/mol. The summed E-state index contributed by atoms with van der Waals surface area (Å²) in [6, 6.07) is 1.77. The maximum absolute atomic E-state index is 12.0. The van der Waals surface area contributed by atoms with Gasteiger partial charge in [-0.1, -0.05) is 6.92 Å². The molecule has 0 unspecified atom stereocenters. The lowest BCUT2D eigenvalue weighted by Crippen LogP contribution is -2.29. The number of carbonyl (C=O) groups excluding carboxylic acids is 1. The molecular formula is C11H13NO3S. The van der Waals surface area contributed by atoms with E-state index in [9.17, 15) is 9.59 Å². The van der Waals surface area contributed by atoms with Crippen LogP contribution >= 0.6 is 11.3 Å². The van der Waals surface area contributed by atoms with E-state index >= 15 is 0 Å². The molecule has 0 aliphatic carbocycles. The molecule has 1 aromatic heterocycles. The van der Waals surface area contributed by atoms with Crippen molar-refractivity contribution >= 4 is 23.2 Å². The quantitative estimate of drug-likeness (QED) is 0.851. The molecule has 1 aliphatic rings. The van der Waals surface area contributed by atoms with E-state index in [-0.39, 0.29) is 11.8 Å². The topological polar surface area (TPSA) is 57.6 Å². The van der Waals surface area contributed by atoms with Crippen molar-refractivity contribution in [2.24, 2.45) is 11.8 Å². The molecule has 4 nitrogen and oxygen atoms in total. The molecule has 2 rings (SSSR count). The molecule has 5 heteroatoms. The highest BCUT2D eigenvalue weighted by molar-refractivity contribution is 7.08. The Morgan fingerprint density at radius 2 is 2.25 bits per heavy atom. The second-order valence-corrected chi connectivity index (χ2v) is 4.92. The predicted octanol–water partition coefficient (Wildman–Crippen LogP) is 1.54. The van der Waals surface area contributed by atoms with Crippen LogP contribution in [-0.4, -0.2) is 35.0 Å². The highest BCUT2D eigenvalue weighted by atomic mass is 32.1. The third kappa shape index (κ3) is 1.95. The number of nitrogens with zero attached hydrogens (tertiary/aromatic N) is 1. The van der Waals surface area contributed by atoms with Gasteiger partial charge in [-0.15, -0.1) is 0 Å². The van der Waals surface area contributed by atoms with Gasteiger partial charge in [0.15, 0.2) is 0 Å². The number of hydrogen-bond acceptors (Lipinski definition) is 3. The molecule has 1 aromatic rings. The molecule has 0 bridgehead atoms. The Labute approximate surface area is 97.5 Å². The molecule has 1 fully saturated rings. The fraction of sp³-hybridized carbons (Fsp3) is 0.455. The third-order valence-corrected chi connectivity index (χ3v) is 3.67. The van der Waals surface area contributed by atoms with Crippen LogP contribution in [-0.2, 0) is 4.79 Å². The van der Waals surface area contributed by atoms with Crippen molar-refractivity contribution in [1.29, 1.82) is 0 Å². The first-order valence-electron chi connectivity index (χ1n) is 5.14. The van der Waals surface area contributed by atoms with E-state index in [1.807, 2.05) is 12.3 Å². The Morgan fingerprint density at radius 3 is 2.75 bits per heavy atom. The van der Waals surface area contributed by atoms with Gasteiger partial charge in [0.2, 0.25) is 0 Å². The molecule has 1 amide bonds. The maximum atomic E-state index is 12.0. The summed E-state index contributed by atoms with van der Waals surface area (Å²) in [4.78, 5) is 24.5. The number of amides is 1. The van der Waals surface area contributed by atoms with Gasteiger partial charge in [0.25, 0.3) is 5.91 Å². The van der Waals surface area contributed by atoms with E-state index < -0.39 is 11.9 Å². The van der Waals surface area contributed by atoms with E-state index in [1.54, 1.807) is 16.3 Å². The summed E-state index contributed by atoms with van der Waals surface area (Å²) in [6.45, 7) is 2.73. The lowest BCUT2D eigenvalue weighted by molar-refractivity contribution is -0.142. The molecule has 0 radical (unpaired) electrons. The van der Waals surface area contributed by atoms with Crippen molar-refractivity contribution in [3.8, 4) is 0 Å². The summed E-state index contributed by atoms with van der Waals surface area (Å²) in [7, 11) is 0. The SMILES string of the molecule is C[C@@H]1CN(C(=O)c2ccsc2)C[C@H]1C(=O)O. The van der Waals surface area contributed by atoms with Crippen LogP contribution in [0.4, 0.5) is 0 Å². The van der Waals surface area contributed by atoms with Gasteiger partial charge in [-0.05, 0) is 17.4 Å². The van der Waals surface area contributed by atoms with Crippen LogP contribution in [0.5, 0.6) is 0 Å². The fourth-order valence-electron chi connectivity index (χ4n) is 2.02. The van der Waals surface area contributed by atoms with Gasteiger partial charge in [0.1, 0.15) is 0 Å². The smallest absolute Gasteiger partial charge is 0.308 e. The largest absolute Gasteiger partial charge is 0.481 e. The summed E-state index contributed by atoms with van der Waals surface area (Å²) in [6.07, 6.45) is 0. The highest BCUT2D eigenvalue weighted by Crippen LogP contribution is 2.25. The zero-order valence-corrected chi connectivity index (χ0v) is 9.74. The van der Waals surface area contributed by atoms with E-state index in [1.165, 1.54) is 11.3 Å². The van der Waals surface area contributed by atoms with Gasteiger partial charge in [-0.3, -0.25) is 9.59 Å². The van der Waals surface area contributed by atoms with E-state index in [4.69, 9.17) is 5.11 Å². The molecule has 2 atom stereocenters. The molecule has 2 heterocycles. The van der Waals surface area contributed by atoms with E-state index in [0.29, 0.717) is 18.7 Å². The monoisotopic (exact) mass is 239 g/mol. The first-order valence-corrected chi connectivity index (χ1v) is 6.08. The Hall–Kier alpha value is -1.36. The standard InChI is InChI=1S/C11H13NO3S/c1-7-4-12(5-9(7)11(14)15)10(13)8-2-3-16-6-8/h2-3,6-7,9H,4-5H2,1H3,(H,14,15)/t7-,9-/m1/s1. The first-order chi connectivity index (χ1) is 7.59. The minimum absolute atomic E-state index is 0.0279. The summed E-state index contributed by atoms with van der Waals surface area (Å²) in [5, 5.41) is 12.6. The maximum Gasteiger partial charge on any atom is 0.308 e. The van der Waals surface area contributed by atoms with Crippen molar-refractivity contribution in [1.82, 2.24) is 4.90 Å². The van der Waals surface area contributed by atoms with Crippen LogP contribution in [0.15, 0.2) is 16.8 Å². The van der Waals surface area contributed by atoms with E-state index in [0.717, 1.165) is 0 Å². The molecule has 1 N–H and O–H groups in total. The van der Waals surface area contributed by atoms with Crippen molar-refractivity contribution < 1.29 is 14.7 Å². The average molecular weight is 239 g/mol.